The highest BCUT2D eigenvalue weighted by atomic mass is 19.1. The van der Waals surface area contributed by atoms with Crippen molar-refractivity contribution in [2.45, 2.75) is 32.0 Å². The Hall–Kier alpha value is -4.56. The Labute approximate surface area is 218 Å². The molecule has 2 unspecified atom stereocenters. The first-order chi connectivity index (χ1) is 18.3. The second-order valence-electron chi connectivity index (χ2n) is 9.13. The molecule has 2 N–H and O–H groups in total. The minimum absolute atomic E-state index is 0.376. The fourth-order valence-electron chi connectivity index (χ4n) is 4.55. The third kappa shape index (κ3) is 4.86. The van der Waals surface area contributed by atoms with Crippen molar-refractivity contribution in [1.82, 2.24) is 10.3 Å². The lowest BCUT2D eigenvalue weighted by Crippen LogP contribution is -2.47. The van der Waals surface area contributed by atoms with Gasteiger partial charge >= 0.3 is 0 Å². The van der Waals surface area contributed by atoms with Crippen molar-refractivity contribution in [1.29, 1.82) is 0 Å². The molecule has 7 nitrogen and oxygen atoms in total. The predicted octanol–water partition coefficient (Wildman–Crippen LogP) is 5.45. The number of aliphatic hydroxyl groups excluding tert-OH is 1. The zero-order valence-corrected chi connectivity index (χ0v) is 20.8. The van der Waals surface area contributed by atoms with Crippen molar-refractivity contribution in [2.24, 2.45) is 0 Å². The molecule has 2 aromatic heterocycles. The summed E-state index contributed by atoms with van der Waals surface area (Å²) in [7, 11) is 0. The second kappa shape index (κ2) is 10.4. The highest BCUT2D eigenvalue weighted by molar-refractivity contribution is 6.08. The molecule has 0 saturated carbocycles. The van der Waals surface area contributed by atoms with Gasteiger partial charge < -0.3 is 14.8 Å². The van der Waals surface area contributed by atoms with E-state index in [1.807, 2.05) is 30.3 Å². The molecule has 2 amide bonds. The van der Waals surface area contributed by atoms with E-state index in [4.69, 9.17) is 4.42 Å². The lowest BCUT2D eigenvalue weighted by atomic mass is 10.0. The average Bonchev–Trinajstić information content (AvgIpc) is 3.29. The Morgan fingerprint density at radius 3 is 2.37 bits per heavy atom. The first-order valence-electron chi connectivity index (χ1n) is 12.2. The third-order valence-electron chi connectivity index (χ3n) is 6.47. The molecule has 8 heteroatoms. The van der Waals surface area contributed by atoms with E-state index in [-0.39, 0.29) is 5.82 Å². The van der Waals surface area contributed by atoms with Crippen molar-refractivity contribution in [3.05, 3.63) is 108 Å². The number of carbonyl (C=O) groups excluding carboxylic acids is 2. The molecule has 0 fully saturated rings. The van der Waals surface area contributed by atoms with Crippen molar-refractivity contribution in [2.75, 3.05) is 4.90 Å². The van der Waals surface area contributed by atoms with Gasteiger partial charge in [0.2, 0.25) is 5.91 Å². The van der Waals surface area contributed by atoms with E-state index in [1.54, 1.807) is 49.5 Å². The van der Waals surface area contributed by atoms with Gasteiger partial charge in [0.1, 0.15) is 29.1 Å². The van der Waals surface area contributed by atoms with Crippen LogP contribution in [-0.4, -0.2) is 28.0 Å². The van der Waals surface area contributed by atoms with Crippen molar-refractivity contribution < 1.29 is 23.5 Å². The summed E-state index contributed by atoms with van der Waals surface area (Å²) in [5.41, 5.74) is 2.76. The summed E-state index contributed by atoms with van der Waals surface area (Å²) in [6, 6.07) is 20.4. The van der Waals surface area contributed by atoms with Crippen LogP contribution in [-0.2, 0) is 9.59 Å². The van der Waals surface area contributed by atoms with Crippen LogP contribution in [0.3, 0.4) is 0 Å². The van der Waals surface area contributed by atoms with Crippen molar-refractivity contribution >= 4 is 39.4 Å². The van der Waals surface area contributed by atoms with Crippen LogP contribution in [0.2, 0.25) is 0 Å². The number of rotatable bonds is 7. The number of carbonyl (C=O) groups is 2. The van der Waals surface area contributed by atoms with Crippen molar-refractivity contribution in [3.63, 3.8) is 0 Å². The molecule has 3 aromatic carbocycles. The van der Waals surface area contributed by atoms with Gasteiger partial charge in [-0.3, -0.25) is 19.5 Å². The van der Waals surface area contributed by atoms with E-state index in [2.05, 4.69) is 10.3 Å². The number of fused-ring (bicyclic) bond motifs is 3. The molecule has 0 bridgehead atoms. The molecule has 0 saturated heterocycles. The molecule has 192 valence electrons. The molecule has 2 heterocycles. The number of pyridine rings is 1. The Morgan fingerprint density at radius 2 is 1.66 bits per heavy atom. The monoisotopic (exact) mass is 511 g/mol. The van der Waals surface area contributed by atoms with Crippen LogP contribution in [0.25, 0.3) is 21.9 Å². The maximum Gasteiger partial charge on any atom is 0.256 e. The summed E-state index contributed by atoms with van der Waals surface area (Å²) < 4.78 is 19.4. The van der Waals surface area contributed by atoms with Gasteiger partial charge in [-0.25, -0.2) is 4.39 Å². The zero-order chi connectivity index (χ0) is 26.8. The molecule has 3 atom stereocenters. The number of hydrogen-bond acceptors (Lipinski definition) is 5. The van der Waals surface area contributed by atoms with Gasteiger partial charge in [-0.05, 0) is 55.8 Å². The minimum Gasteiger partial charge on any atom is -0.456 e. The normalized spacial score (nSPS) is 13.7. The molecule has 0 aliphatic heterocycles. The SMILES string of the molecule is CC(O)C(=O)N(c1ccc2c(c1)oc1ccccc12)C(C(=O)N[C@@H](C)c1ccc(F)cc1)c1cccnc1. The fourth-order valence-corrected chi connectivity index (χ4v) is 4.55. The van der Waals surface area contributed by atoms with Crippen LogP contribution in [0.15, 0.2) is 95.7 Å². The number of anilines is 1. The number of aromatic nitrogens is 1. The summed E-state index contributed by atoms with van der Waals surface area (Å²) in [6.07, 6.45) is 1.69. The zero-order valence-electron chi connectivity index (χ0n) is 20.8. The Bertz CT molecular complexity index is 1600. The molecule has 0 aliphatic rings. The van der Waals surface area contributed by atoms with Gasteiger partial charge in [-0.15, -0.1) is 0 Å². The first kappa shape index (κ1) is 25.1. The smallest absolute Gasteiger partial charge is 0.256 e. The topological polar surface area (TPSA) is 95.7 Å². The number of para-hydroxylation sites is 1. The number of aliphatic hydroxyl groups is 1. The Morgan fingerprint density at radius 1 is 0.921 bits per heavy atom. The largest absolute Gasteiger partial charge is 0.456 e. The van der Waals surface area contributed by atoms with E-state index in [1.165, 1.54) is 30.2 Å². The lowest BCUT2D eigenvalue weighted by Gasteiger charge is -2.33. The van der Waals surface area contributed by atoms with Crippen molar-refractivity contribution in [3.8, 4) is 0 Å². The summed E-state index contributed by atoms with van der Waals surface area (Å²) in [6.45, 7) is 3.13. The van der Waals surface area contributed by atoms with E-state index in [0.29, 0.717) is 28.0 Å². The molecular formula is C30H26FN3O4. The molecular weight excluding hydrogens is 485 g/mol. The number of nitrogens with one attached hydrogen (secondary N) is 1. The minimum atomic E-state index is -1.39. The number of halogens is 1. The van der Waals surface area contributed by atoms with Crippen LogP contribution in [0, 0.1) is 5.82 Å². The lowest BCUT2D eigenvalue weighted by molar-refractivity contribution is -0.130. The van der Waals surface area contributed by atoms with E-state index in [0.717, 1.165) is 10.8 Å². The van der Waals surface area contributed by atoms with Gasteiger partial charge in [0, 0.05) is 40.5 Å². The molecule has 0 spiro atoms. The Kier molecular flexibility index (Phi) is 6.89. The summed E-state index contributed by atoms with van der Waals surface area (Å²) in [4.78, 5) is 32.7. The van der Waals surface area contributed by atoms with E-state index in [9.17, 15) is 19.1 Å². The van der Waals surface area contributed by atoms with Gasteiger partial charge in [0.05, 0.1) is 6.04 Å². The molecule has 5 rings (SSSR count). The number of amides is 2. The van der Waals surface area contributed by atoms with Gasteiger partial charge in [-0.2, -0.15) is 0 Å². The van der Waals surface area contributed by atoms with Crippen LogP contribution < -0.4 is 10.2 Å². The summed E-state index contributed by atoms with van der Waals surface area (Å²) >= 11 is 0. The van der Waals surface area contributed by atoms with Crippen LogP contribution >= 0.6 is 0 Å². The van der Waals surface area contributed by atoms with Gasteiger partial charge in [-0.1, -0.05) is 36.4 Å². The van der Waals surface area contributed by atoms with E-state index < -0.39 is 30.0 Å². The number of hydrogen-bond donors (Lipinski definition) is 2. The average molecular weight is 512 g/mol. The highest BCUT2D eigenvalue weighted by Crippen LogP contribution is 2.35. The van der Waals surface area contributed by atoms with Gasteiger partial charge in [0.15, 0.2) is 0 Å². The number of furan rings is 1. The summed E-state index contributed by atoms with van der Waals surface area (Å²) in [5, 5.41) is 15.1. The van der Waals surface area contributed by atoms with Crippen LogP contribution in [0.5, 0.6) is 0 Å². The highest BCUT2D eigenvalue weighted by Gasteiger charge is 2.35. The maximum atomic E-state index is 13.8. The van der Waals surface area contributed by atoms with Crippen LogP contribution in [0.1, 0.15) is 37.1 Å². The predicted molar refractivity (Wildman–Crippen MR) is 143 cm³/mol. The molecule has 0 radical (unpaired) electrons. The summed E-state index contributed by atoms with van der Waals surface area (Å²) in [5.74, 6) is -1.54. The second-order valence-corrected chi connectivity index (χ2v) is 9.13. The Balaban J connectivity index is 1.60. The molecule has 5 aromatic rings. The number of nitrogens with zero attached hydrogens (tertiary/aromatic N) is 2. The first-order valence-corrected chi connectivity index (χ1v) is 12.2. The molecule has 0 aliphatic carbocycles. The fraction of sp³-hybridized carbons (Fsp3) is 0.167. The number of benzene rings is 3. The maximum absolute atomic E-state index is 13.8. The van der Waals surface area contributed by atoms with Gasteiger partial charge in [0.25, 0.3) is 5.91 Å². The molecule has 38 heavy (non-hydrogen) atoms. The standard InChI is InChI=1S/C30H26FN3O4/c1-18(20-9-11-22(31)12-10-20)33-29(36)28(21-6-5-15-32-17-21)34(30(37)19(2)35)23-13-14-25-24-7-3-4-8-26(24)38-27(25)16-23/h3-19,28,35H,1-2H3,(H,33,36)/t18-,19?,28?/m0/s1. The van der Waals surface area contributed by atoms with E-state index >= 15 is 0 Å². The quantitative estimate of drug-likeness (QED) is 0.303. The van der Waals surface area contributed by atoms with Crippen LogP contribution in [0.4, 0.5) is 10.1 Å². The third-order valence-corrected chi connectivity index (χ3v) is 6.47.